The van der Waals surface area contributed by atoms with E-state index in [1.165, 1.54) is 24.8 Å². The molecule has 22 heavy (non-hydrogen) atoms. The molecule has 124 valence electrons. The molecule has 0 amide bonds. The molecule has 0 aromatic heterocycles. The number of rotatable bonds is 8. The molecule has 0 radical (unpaired) electrons. The first-order valence-corrected chi connectivity index (χ1v) is 10.0. The Balaban J connectivity index is 2.01. The van der Waals surface area contributed by atoms with Gasteiger partial charge in [-0.2, -0.15) is 0 Å². The quantitative estimate of drug-likeness (QED) is 0.799. The van der Waals surface area contributed by atoms with Gasteiger partial charge < -0.3 is 0 Å². The van der Waals surface area contributed by atoms with Gasteiger partial charge in [0.2, 0.25) is 10.0 Å². The van der Waals surface area contributed by atoms with Crippen molar-refractivity contribution >= 4 is 10.0 Å². The van der Waals surface area contributed by atoms with Gasteiger partial charge >= 0.3 is 0 Å². The van der Waals surface area contributed by atoms with Crippen molar-refractivity contribution in [2.45, 2.75) is 45.1 Å². The number of sulfonamides is 1. The maximum atomic E-state index is 11.9. The van der Waals surface area contributed by atoms with Crippen LogP contribution in [0.25, 0.3) is 0 Å². The van der Waals surface area contributed by atoms with Crippen molar-refractivity contribution in [1.82, 2.24) is 9.62 Å². The summed E-state index contributed by atoms with van der Waals surface area (Å²) in [7, 11) is -3.13. The lowest BCUT2D eigenvalue weighted by Gasteiger charge is -2.34. The normalized spacial score (nSPS) is 18.2. The number of hydrogen-bond donors (Lipinski definition) is 1. The maximum absolute atomic E-state index is 11.9. The zero-order valence-corrected chi connectivity index (χ0v) is 14.3. The molecule has 1 N–H and O–H groups in total. The van der Waals surface area contributed by atoms with E-state index >= 15 is 0 Å². The van der Waals surface area contributed by atoms with Crippen LogP contribution in [0.3, 0.4) is 0 Å². The molecule has 4 nitrogen and oxygen atoms in total. The topological polar surface area (TPSA) is 49.4 Å². The minimum atomic E-state index is -3.13. The summed E-state index contributed by atoms with van der Waals surface area (Å²) in [6, 6.07) is 10.6. The SMILES string of the molecule is CCCS(=O)(=O)NCC(Cc1ccccc1)N1CCCCC1. The minimum absolute atomic E-state index is 0.213. The van der Waals surface area contributed by atoms with Gasteiger partial charge in [0, 0.05) is 12.6 Å². The van der Waals surface area contributed by atoms with Crippen LogP contribution in [0.2, 0.25) is 0 Å². The van der Waals surface area contributed by atoms with Gasteiger partial charge in [0.1, 0.15) is 0 Å². The van der Waals surface area contributed by atoms with Gasteiger partial charge in [-0.15, -0.1) is 0 Å². The molecule has 0 bridgehead atoms. The highest BCUT2D eigenvalue weighted by Gasteiger charge is 2.22. The highest BCUT2D eigenvalue weighted by molar-refractivity contribution is 7.89. The van der Waals surface area contributed by atoms with E-state index in [0.717, 1.165) is 19.5 Å². The van der Waals surface area contributed by atoms with Crippen LogP contribution in [0.15, 0.2) is 30.3 Å². The molecule has 1 aromatic carbocycles. The van der Waals surface area contributed by atoms with E-state index in [1.54, 1.807) is 0 Å². The monoisotopic (exact) mass is 324 g/mol. The molecule has 0 aliphatic carbocycles. The van der Waals surface area contributed by atoms with E-state index in [9.17, 15) is 8.42 Å². The summed E-state index contributed by atoms with van der Waals surface area (Å²) in [5, 5.41) is 0. The lowest BCUT2D eigenvalue weighted by molar-refractivity contribution is 0.163. The van der Waals surface area contributed by atoms with Gasteiger partial charge in [0.15, 0.2) is 0 Å². The van der Waals surface area contributed by atoms with Crippen LogP contribution in [0.4, 0.5) is 0 Å². The van der Waals surface area contributed by atoms with E-state index in [0.29, 0.717) is 13.0 Å². The van der Waals surface area contributed by atoms with E-state index in [4.69, 9.17) is 0 Å². The minimum Gasteiger partial charge on any atom is -0.299 e. The number of piperidine rings is 1. The molecule has 1 atom stereocenters. The molecular formula is C17H28N2O2S. The van der Waals surface area contributed by atoms with Crippen LogP contribution in [-0.2, 0) is 16.4 Å². The van der Waals surface area contributed by atoms with E-state index in [-0.39, 0.29) is 11.8 Å². The second-order valence-electron chi connectivity index (χ2n) is 6.11. The van der Waals surface area contributed by atoms with Gasteiger partial charge in [0.05, 0.1) is 5.75 Å². The first-order chi connectivity index (χ1) is 10.6. The van der Waals surface area contributed by atoms with Crippen LogP contribution in [0.5, 0.6) is 0 Å². The van der Waals surface area contributed by atoms with Crippen molar-refractivity contribution in [3.05, 3.63) is 35.9 Å². The summed E-state index contributed by atoms with van der Waals surface area (Å²) in [6.07, 6.45) is 5.27. The Labute approximate surface area is 135 Å². The Morgan fingerprint density at radius 1 is 1.14 bits per heavy atom. The molecule has 1 aromatic rings. The van der Waals surface area contributed by atoms with Crippen LogP contribution in [-0.4, -0.2) is 44.7 Å². The first kappa shape index (κ1) is 17.4. The van der Waals surface area contributed by atoms with Crippen molar-refractivity contribution in [2.24, 2.45) is 0 Å². The van der Waals surface area contributed by atoms with E-state index < -0.39 is 10.0 Å². The van der Waals surface area contributed by atoms with Gasteiger partial charge in [-0.05, 0) is 44.3 Å². The summed E-state index contributed by atoms with van der Waals surface area (Å²) in [5.41, 5.74) is 1.27. The lowest BCUT2D eigenvalue weighted by atomic mass is 10.0. The average molecular weight is 324 g/mol. The van der Waals surface area contributed by atoms with Crippen molar-refractivity contribution in [3.63, 3.8) is 0 Å². The molecule has 1 saturated heterocycles. The van der Waals surface area contributed by atoms with Crippen molar-refractivity contribution in [1.29, 1.82) is 0 Å². The van der Waals surface area contributed by atoms with Gasteiger partial charge in [0.25, 0.3) is 0 Å². The Morgan fingerprint density at radius 2 is 1.82 bits per heavy atom. The predicted octanol–water partition coefficient (Wildman–Crippen LogP) is 2.41. The second-order valence-corrected chi connectivity index (χ2v) is 8.03. The number of likely N-dealkylation sites (tertiary alicyclic amines) is 1. The smallest absolute Gasteiger partial charge is 0.211 e. The highest BCUT2D eigenvalue weighted by Crippen LogP contribution is 2.15. The highest BCUT2D eigenvalue weighted by atomic mass is 32.2. The van der Waals surface area contributed by atoms with Gasteiger partial charge in [-0.3, -0.25) is 4.90 Å². The first-order valence-electron chi connectivity index (χ1n) is 8.36. The third-order valence-corrected chi connectivity index (χ3v) is 5.79. The fraction of sp³-hybridized carbons (Fsp3) is 0.647. The molecular weight excluding hydrogens is 296 g/mol. The maximum Gasteiger partial charge on any atom is 0.211 e. The molecule has 1 fully saturated rings. The summed E-state index contributed by atoms with van der Waals surface area (Å²) >= 11 is 0. The van der Waals surface area contributed by atoms with Crippen LogP contribution in [0, 0.1) is 0 Å². The third-order valence-electron chi connectivity index (χ3n) is 4.23. The molecule has 0 spiro atoms. The fourth-order valence-electron chi connectivity index (χ4n) is 3.06. The summed E-state index contributed by atoms with van der Waals surface area (Å²) in [5.74, 6) is 0.213. The Kier molecular flexibility index (Phi) is 6.86. The lowest BCUT2D eigenvalue weighted by Crippen LogP contribution is -2.47. The van der Waals surface area contributed by atoms with Gasteiger partial charge in [-0.1, -0.05) is 43.7 Å². The molecule has 5 heteroatoms. The zero-order chi connectivity index (χ0) is 15.8. The van der Waals surface area contributed by atoms with Crippen molar-refractivity contribution < 1.29 is 8.42 Å². The van der Waals surface area contributed by atoms with Crippen LogP contribution in [0.1, 0.15) is 38.2 Å². The number of hydrogen-bond acceptors (Lipinski definition) is 3. The van der Waals surface area contributed by atoms with E-state index in [2.05, 4.69) is 21.8 Å². The number of nitrogens with zero attached hydrogens (tertiary/aromatic N) is 1. The third kappa shape index (κ3) is 5.71. The van der Waals surface area contributed by atoms with Gasteiger partial charge in [-0.25, -0.2) is 13.1 Å². The standard InChI is InChI=1S/C17H28N2O2S/c1-2-13-22(20,21)18-15-17(19-11-7-4-8-12-19)14-16-9-5-3-6-10-16/h3,5-6,9-10,17-18H,2,4,7-8,11-15H2,1H3. The van der Waals surface area contributed by atoms with Crippen LogP contribution >= 0.6 is 0 Å². The van der Waals surface area contributed by atoms with Crippen molar-refractivity contribution in [3.8, 4) is 0 Å². The number of benzene rings is 1. The largest absolute Gasteiger partial charge is 0.299 e. The fourth-order valence-corrected chi connectivity index (χ4v) is 4.19. The molecule has 2 rings (SSSR count). The predicted molar refractivity (Wildman–Crippen MR) is 91.4 cm³/mol. The Morgan fingerprint density at radius 3 is 2.45 bits per heavy atom. The number of nitrogens with one attached hydrogen (secondary N) is 1. The second kappa shape index (κ2) is 8.65. The Bertz CT molecular complexity index is 525. The summed E-state index contributed by atoms with van der Waals surface area (Å²) in [4.78, 5) is 2.45. The zero-order valence-electron chi connectivity index (χ0n) is 13.5. The van der Waals surface area contributed by atoms with E-state index in [1.807, 2.05) is 25.1 Å². The molecule has 1 unspecified atom stereocenters. The summed E-state index contributed by atoms with van der Waals surface area (Å²) < 4.78 is 26.7. The molecule has 1 heterocycles. The molecule has 0 saturated carbocycles. The van der Waals surface area contributed by atoms with Crippen LogP contribution < -0.4 is 4.72 Å². The molecule has 1 aliphatic rings. The Hall–Kier alpha value is -0.910. The van der Waals surface area contributed by atoms with Crippen molar-refractivity contribution in [2.75, 3.05) is 25.4 Å². The molecule has 1 aliphatic heterocycles. The summed E-state index contributed by atoms with van der Waals surface area (Å²) in [6.45, 7) is 4.56. The average Bonchev–Trinajstić information content (AvgIpc) is 2.53.